The normalized spacial score (nSPS) is 11.1. The summed E-state index contributed by atoms with van der Waals surface area (Å²) in [7, 11) is -3.52. The molecule has 3 aromatic rings. The molecule has 0 spiro atoms. The standard InChI is InChI=1S/C18H20N6O2S/c1-14-5-7-15(8-6-14)27(25,26)23-11-10-20-17-12-18(22-13-21-17)24-16-4-2-3-9-19-16/h2-9,12-13,23H,10-11H2,1H3,(H2,19,20,21,22,24). The Morgan fingerprint density at radius 3 is 2.41 bits per heavy atom. The summed E-state index contributed by atoms with van der Waals surface area (Å²) in [6.07, 6.45) is 3.10. The van der Waals surface area contributed by atoms with Gasteiger partial charge in [0.15, 0.2) is 0 Å². The van der Waals surface area contributed by atoms with Crippen molar-refractivity contribution in [3.63, 3.8) is 0 Å². The van der Waals surface area contributed by atoms with Crippen molar-refractivity contribution in [2.75, 3.05) is 23.7 Å². The van der Waals surface area contributed by atoms with E-state index in [1.54, 1.807) is 36.5 Å². The molecule has 140 valence electrons. The number of sulfonamides is 1. The molecule has 0 fully saturated rings. The summed E-state index contributed by atoms with van der Waals surface area (Å²) < 4.78 is 27.0. The number of nitrogens with zero attached hydrogens (tertiary/aromatic N) is 3. The van der Waals surface area contributed by atoms with Gasteiger partial charge in [-0.1, -0.05) is 23.8 Å². The van der Waals surface area contributed by atoms with Gasteiger partial charge in [-0.05, 0) is 31.2 Å². The Morgan fingerprint density at radius 2 is 1.67 bits per heavy atom. The van der Waals surface area contributed by atoms with Crippen LogP contribution in [0.15, 0.2) is 66.0 Å². The minimum atomic E-state index is -3.52. The van der Waals surface area contributed by atoms with E-state index in [2.05, 4.69) is 30.3 Å². The van der Waals surface area contributed by atoms with E-state index in [0.717, 1.165) is 5.56 Å². The molecule has 27 heavy (non-hydrogen) atoms. The summed E-state index contributed by atoms with van der Waals surface area (Å²) in [4.78, 5) is 12.7. The van der Waals surface area contributed by atoms with E-state index in [9.17, 15) is 8.42 Å². The zero-order valence-electron chi connectivity index (χ0n) is 14.8. The average molecular weight is 384 g/mol. The second-order valence-electron chi connectivity index (χ2n) is 5.77. The van der Waals surface area contributed by atoms with Crippen molar-refractivity contribution in [1.82, 2.24) is 19.7 Å². The van der Waals surface area contributed by atoms with Crippen molar-refractivity contribution in [3.05, 3.63) is 66.6 Å². The molecule has 0 unspecified atom stereocenters. The van der Waals surface area contributed by atoms with Crippen molar-refractivity contribution in [1.29, 1.82) is 0 Å². The summed E-state index contributed by atoms with van der Waals surface area (Å²) in [5.41, 5.74) is 1.01. The maximum atomic E-state index is 12.2. The number of anilines is 3. The van der Waals surface area contributed by atoms with E-state index in [1.807, 2.05) is 25.1 Å². The highest BCUT2D eigenvalue weighted by Crippen LogP contribution is 2.13. The van der Waals surface area contributed by atoms with Gasteiger partial charge in [-0.15, -0.1) is 0 Å². The predicted molar refractivity (Wildman–Crippen MR) is 104 cm³/mol. The minimum absolute atomic E-state index is 0.225. The van der Waals surface area contributed by atoms with E-state index in [-0.39, 0.29) is 11.4 Å². The number of pyridine rings is 1. The first-order valence-electron chi connectivity index (χ1n) is 8.33. The van der Waals surface area contributed by atoms with Crippen LogP contribution in [-0.4, -0.2) is 36.5 Å². The minimum Gasteiger partial charge on any atom is -0.369 e. The van der Waals surface area contributed by atoms with Gasteiger partial charge in [0.2, 0.25) is 10.0 Å². The molecule has 2 heterocycles. The van der Waals surface area contributed by atoms with E-state index in [0.29, 0.717) is 24.0 Å². The fourth-order valence-electron chi connectivity index (χ4n) is 2.27. The molecule has 0 aliphatic heterocycles. The van der Waals surface area contributed by atoms with Crippen LogP contribution in [0.1, 0.15) is 5.56 Å². The molecular weight excluding hydrogens is 364 g/mol. The van der Waals surface area contributed by atoms with Crippen LogP contribution in [-0.2, 0) is 10.0 Å². The highest BCUT2D eigenvalue weighted by molar-refractivity contribution is 7.89. The summed E-state index contributed by atoms with van der Waals surface area (Å²) in [5, 5.41) is 6.14. The largest absolute Gasteiger partial charge is 0.369 e. The zero-order valence-corrected chi connectivity index (χ0v) is 15.6. The first-order chi connectivity index (χ1) is 13.0. The van der Waals surface area contributed by atoms with Crippen LogP contribution < -0.4 is 15.4 Å². The molecule has 3 rings (SSSR count). The van der Waals surface area contributed by atoms with Crippen molar-refractivity contribution in [2.24, 2.45) is 0 Å². The maximum absolute atomic E-state index is 12.2. The third-order valence-electron chi connectivity index (χ3n) is 3.64. The molecule has 3 N–H and O–H groups in total. The van der Waals surface area contributed by atoms with Crippen molar-refractivity contribution in [3.8, 4) is 0 Å². The Labute approximate surface area is 158 Å². The zero-order chi connectivity index (χ0) is 19.1. The van der Waals surface area contributed by atoms with Gasteiger partial charge >= 0.3 is 0 Å². The van der Waals surface area contributed by atoms with Crippen LogP contribution in [0.25, 0.3) is 0 Å². The molecule has 0 saturated carbocycles. The Bertz CT molecular complexity index is 978. The van der Waals surface area contributed by atoms with Crippen molar-refractivity contribution in [2.45, 2.75) is 11.8 Å². The number of benzene rings is 1. The van der Waals surface area contributed by atoms with Crippen LogP contribution >= 0.6 is 0 Å². The predicted octanol–water partition coefficient (Wildman–Crippen LogP) is 2.31. The lowest BCUT2D eigenvalue weighted by Gasteiger charge is -2.10. The molecule has 0 radical (unpaired) electrons. The van der Waals surface area contributed by atoms with Gasteiger partial charge in [-0.3, -0.25) is 0 Å². The Balaban J connectivity index is 1.52. The molecular formula is C18H20N6O2S. The quantitative estimate of drug-likeness (QED) is 0.511. The maximum Gasteiger partial charge on any atom is 0.240 e. The van der Waals surface area contributed by atoms with Gasteiger partial charge in [0.25, 0.3) is 0 Å². The van der Waals surface area contributed by atoms with Crippen LogP contribution in [0.3, 0.4) is 0 Å². The SMILES string of the molecule is Cc1ccc(S(=O)(=O)NCCNc2cc(Nc3ccccn3)ncn2)cc1. The molecule has 0 atom stereocenters. The number of nitrogens with one attached hydrogen (secondary N) is 3. The van der Waals surface area contributed by atoms with Crippen molar-refractivity contribution < 1.29 is 8.42 Å². The number of hydrogen-bond acceptors (Lipinski definition) is 7. The second kappa shape index (κ2) is 8.56. The fourth-order valence-corrected chi connectivity index (χ4v) is 3.30. The van der Waals surface area contributed by atoms with Gasteiger partial charge in [0.05, 0.1) is 4.90 Å². The van der Waals surface area contributed by atoms with E-state index >= 15 is 0 Å². The molecule has 0 bridgehead atoms. The number of hydrogen-bond donors (Lipinski definition) is 3. The Morgan fingerprint density at radius 1 is 0.889 bits per heavy atom. The Kier molecular flexibility index (Phi) is 5.94. The second-order valence-corrected chi connectivity index (χ2v) is 7.53. The third-order valence-corrected chi connectivity index (χ3v) is 5.12. The van der Waals surface area contributed by atoms with Gasteiger partial charge in [0.1, 0.15) is 23.8 Å². The summed E-state index contributed by atoms with van der Waals surface area (Å²) in [6, 6.07) is 14.0. The van der Waals surface area contributed by atoms with E-state index in [4.69, 9.17) is 0 Å². The average Bonchev–Trinajstić information content (AvgIpc) is 2.67. The fraction of sp³-hybridized carbons (Fsp3) is 0.167. The number of aromatic nitrogens is 3. The lowest BCUT2D eigenvalue weighted by Crippen LogP contribution is -2.29. The van der Waals surface area contributed by atoms with E-state index in [1.165, 1.54) is 6.33 Å². The highest BCUT2D eigenvalue weighted by Gasteiger charge is 2.12. The van der Waals surface area contributed by atoms with Gasteiger partial charge in [0, 0.05) is 25.4 Å². The molecule has 9 heteroatoms. The molecule has 2 aromatic heterocycles. The smallest absolute Gasteiger partial charge is 0.240 e. The lowest BCUT2D eigenvalue weighted by molar-refractivity contribution is 0.583. The first kappa shape index (κ1) is 18.7. The van der Waals surface area contributed by atoms with Gasteiger partial charge in [-0.25, -0.2) is 28.1 Å². The monoisotopic (exact) mass is 384 g/mol. The molecule has 8 nitrogen and oxygen atoms in total. The lowest BCUT2D eigenvalue weighted by atomic mass is 10.2. The first-order valence-corrected chi connectivity index (χ1v) is 9.81. The highest BCUT2D eigenvalue weighted by atomic mass is 32.2. The topological polar surface area (TPSA) is 109 Å². The van der Waals surface area contributed by atoms with E-state index < -0.39 is 10.0 Å². The summed E-state index contributed by atoms with van der Waals surface area (Å²) in [5.74, 6) is 1.84. The van der Waals surface area contributed by atoms with Gasteiger partial charge < -0.3 is 10.6 Å². The molecule has 0 aliphatic carbocycles. The summed E-state index contributed by atoms with van der Waals surface area (Å²) >= 11 is 0. The summed E-state index contributed by atoms with van der Waals surface area (Å²) in [6.45, 7) is 2.51. The van der Waals surface area contributed by atoms with Crippen LogP contribution in [0, 0.1) is 6.92 Å². The Hall–Kier alpha value is -3.04. The molecule has 0 saturated heterocycles. The number of aryl methyl sites for hydroxylation is 1. The van der Waals surface area contributed by atoms with Crippen LogP contribution in [0.4, 0.5) is 17.5 Å². The molecule has 0 amide bonds. The molecule has 1 aromatic carbocycles. The molecule has 0 aliphatic rings. The third kappa shape index (κ3) is 5.47. The van der Waals surface area contributed by atoms with Gasteiger partial charge in [-0.2, -0.15) is 0 Å². The van der Waals surface area contributed by atoms with Crippen molar-refractivity contribution >= 4 is 27.5 Å². The van der Waals surface area contributed by atoms with Crippen LogP contribution in [0.2, 0.25) is 0 Å². The number of rotatable bonds is 8. The van der Waals surface area contributed by atoms with Crippen LogP contribution in [0.5, 0.6) is 0 Å².